The van der Waals surface area contributed by atoms with E-state index in [4.69, 9.17) is 16.7 Å². The van der Waals surface area contributed by atoms with Crippen molar-refractivity contribution < 1.29 is 28.2 Å². The minimum atomic E-state index is -3.08. The number of aliphatic carboxylic acids is 1. The monoisotopic (exact) mass is 383 g/mol. The summed E-state index contributed by atoms with van der Waals surface area (Å²) in [4.78, 5) is 22.6. The second kappa shape index (κ2) is 6.15. The number of ether oxygens (including phenoxy) is 1. The van der Waals surface area contributed by atoms with Gasteiger partial charge in [-0.3, -0.25) is 9.59 Å². The lowest BCUT2D eigenvalue weighted by molar-refractivity contribution is -0.139. The van der Waals surface area contributed by atoms with Gasteiger partial charge in [0.25, 0.3) is 0 Å². The van der Waals surface area contributed by atoms with E-state index in [2.05, 4.69) is 26.0 Å². The molecule has 21 heavy (non-hydrogen) atoms. The number of carbonyl (C=O) groups excluding carboxylic acids is 1. The van der Waals surface area contributed by atoms with Crippen molar-refractivity contribution in [3.8, 4) is 5.75 Å². The predicted octanol–water partition coefficient (Wildman–Crippen LogP) is 3.36. The Morgan fingerprint density at radius 2 is 2.10 bits per heavy atom. The van der Waals surface area contributed by atoms with Gasteiger partial charge in [-0.2, -0.15) is 8.78 Å². The van der Waals surface area contributed by atoms with Crippen LogP contribution in [0.5, 0.6) is 5.75 Å². The number of rotatable bonds is 5. The molecule has 0 radical (unpaired) electrons. The van der Waals surface area contributed by atoms with Crippen molar-refractivity contribution in [1.82, 2.24) is 0 Å². The van der Waals surface area contributed by atoms with Crippen LogP contribution in [-0.4, -0.2) is 23.6 Å². The summed E-state index contributed by atoms with van der Waals surface area (Å²) in [6.45, 7) is -3.08. The van der Waals surface area contributed by atoms with Crippen LogP contribution in [0.15, 0.2) is 16.6 Å². The summed E-state index contributed by atoms with van der Waals surface area (Å²) in [5, 5.41) is 11.3. The van der Waals surface area contributed by atoms with Crippen LogP contribution in [0.3, 0.4) is 0 Å². The molecular formula is C12H9BrClF2NO4. The molecule has 2 atom stereocenters. The van der Waals surface area contributed by atoms with Crippen LogP contribution >= 0.6 is 27.5 Å². The standard InChI is InChI=1S/C12H9BrClF2NO4/c13-7-1-4(14)2-8(9(7)21-12(15)16)17-10(18)5-3-6(5)11(19)20/h1-2,5-6,12H,3H2,(H,17,18)(H,19,20). The fraction of sp³-hybridized carbons (Fsp3) is 0.333. The van der Waals surface area contributed by atoms with Crippen molar-refractivity contribution in [3.63, 3.8) is 0 Å². The van der Waals surface area contributed by atoms with Gasteiger partial charge in [0.15, 0.2) is 5.75 Å². The summed E-state index contributed by atoms with van der Waals surface area (Å²) in [6.07, 6.45) is 0.216. The topological polar surface area (TPSA) is 75.6 Å². The van der Waals surface area contributed by atoms with E-state index in [1.807, 2.05) is 0 Å². The van der Waals surface area contributed by atoms with E-state index >= 15 is 0 Å². The largest absolute Gasteiger partial charge is 0.481 e. The molecule has 0 aliphatic heterocycles. The van der Waals surface area contributed by atoms with Crippen LogP contribution in [0.4, 0.5) is 14.5 Å². The third-order valence-corrected chi connectivity index (χ3v) is 3.72. The number of anilines is 1. The van der Waals surface area contributed by atoms with Gasteiger partial charge >= 0.3 is 12.6 Å². The van der Waals surface area contributed by atoms with Gasteiger partial charge in [-0.15, -0.1) is 0 Å². The van der Waals surface area contributed by atoms with E-state index in [9.17, 15) is 18.4 Å². The summed E-state index contributed by atoms with van der Waals surface area (Å²) < 4.78 is 29.3. The molecule has 1 aliphatic carbocycles. The minimum absolute atomic E-state index is 0.0456. The number of amides is 1. The zero-order chi connectivity index (χ0) is 15.7. The van der Waals surface area contributed by atoms with Crippen molar-refractivity contribution in [2.75, 3.05) is 5.32 Å². The molecule has 114 valence electrons. The van der Waals surface area contributed by atoms with E-state index in [1.165, 1.54) is 12.1 Å². The van der Waals surface area contributed by atoms with Gasteiger partial charge in [-0.05, 0) is 34.5 Å². The molecule has 1 amide bonds. The Bertz CT molecular complexity index is 599. The Morgan fingerprint density at radius 1 is 1.43 bits per heavy atom. The van der Waals surface area contributed by atoms with Crippen LogP contribution in [0.1, 0.15) is 6.42 Å². The number of halogens is 4. The van der Waals surface area contributed by atoms with Crippen LogP contribution in [0.2, 0.25) is 5.02 Å². The Kier molecular flexibility index (Phi) is 4.67. The van der Waals surface area contributed by atoms with Crippen molar-refractivity contribution >= 4 is 45.1 Å². The third kappa shape index (κ3) is 3.82. The Hall–Kier alpha value is -1.41. The zero-order valence-corrected chi connectivity index (χ0v) is 12.6. The summed E-state index contributed by atoms with van der Waals surface area (Å²) in [6, 6.07) is 2.59. The van der Waals surface area contributed by atoms with Crippen LogP contribution in [0.25, 0.3) is 0 Å². The lowest BCUT2D eigenvalue weighted by Gasteiger charge is -2.14. The van der Waals surface area contributed by atoms with E-state index in [0.717, 1.165) is 0 Å². The lowest BCUT2D eigenvalue weighted by Crippen LogP contribution is -2.18. The molecule has 0 heterocycles. The van der Waals surface area contributed by atoms with Crippen LogP contribution in [0, 0.1) is 11.8 Å². The average molecular weight is 385 g/mol. The maximum absolute atomic E-state index is 12.4. The normalized spacial score (nSPS) is 20.2. The van der Waals surface area contributed by atoms with E-state index in [0.29, 0.717) is 0 Å². The SMILES string of the molecule is O=C(O)C1CC1C(=O)Nc1cc(Cl)cc(Br)c1OC(F)F. The minimum Gasteiger partial charge on any atom is -0.481 e. The molecule has 1 saturated carbocycles. The number of carboxylic acids is 1. The van der Waals surface area contributed by atoms with Crippen molar-refractivity contribution in [1.29, 1.82) is 0 Å². The van der Waals surface area contributed by atoms with E-state index in [-0.39, 0.29) is 27.4 Å². The maximum atomic E-state index is 12.4. The molecule has 0 bridgehead atoms. The van der Waals surface area contributed by atoms with Crippen molar-refractivity contribution in [2.45, 2.75) is 13.0 Å². The van der Waals surface area contributed by atoms with Gasteiger partial charge in [0.2, 0.25) is 5.91 Å². The summed E-state index contributed by atoms with van der Waals surface area (Å²) in [5.74, 6) is -3.33. The number of benzene rings is 1. The molecule has 1 aromatic rings. The Balaban J connectivity index is 2.19. The highest BCUT2D eigenvalue weighted by atomic mass is 79.9. The summed E-state index contributed by atoms with van der Waals surface area (Å²) in [5.41, 5.74) is -0.0456. The fourth-order valence-electron chi connectivity index (χ4n) is 1.85. The summed E-state index contributed by atoms with van der Waals surface area (Å²) >= 11 is 8.81. The van der Waals surface area contributed by atoms with Gasteiger partial charge in [-0.1, -0.05) is 11.6 Å². The second-order valence-corrected chi connectivity index (χ2v) is 5.71. The van der Waals surface area contributed by atoms with Gasteiger partial charge in [-0.25, -0.2) is 0 Å². The highest BCUT2D eigenvalue weighted by molar-refractivity contribution is 9.10. The molecular weight excluding hydrogens is 375 g/mol. The Morgan fingerprint density at radius 3 is 2.62 bits per heavy atom. The third-order valence-electron chi connectivity index (χ3n) is 2.92. The molecule has 2 rings (SSSR count). The number of alkyl halides is 2. The van der Waals surface area contributed by atoms with Crippen LogP contribution < -0.4 is 10.1 Å². The first kappa shape index (κ1) is 16.0. The second-order valence-electron chi connectivity index (χ2n) is 4.42. The molecule has 1 aromatic carbocycles. The molecule has 1 aliphatic rings. The van der Waals surface area contributed by atoms with E-state index < -0.39 is 30.3 Å². The predicted molar refractivity (Wildman–Crippen MR) is 73.6 cm³/mol. The lowest BCUT2D eigenvalue weighted by atomic mass is 10.2. The van der Waals surface area contributed by atoms with Gasteiger partial charge < -0.3 is 15.2 Å². The molecule has 0 spiro atoms. The highest BCUT2D eigenvalue weighted by Crippen LogP contribution is 2.42. The van der Waals surface area contributed by atoms with Gasteiger partial charge in [0.1, 0.15) is 0 Å². The quantitative estimate of drug-likeness (QED) is 0.816. The number of nitrogens with one attached hydrogen (secondary N) is 1. The summed E-state index contributed by atoms with van der Waals surface area (Å²) in [7, 11) is 0. The maximum Gasteiger partial charge on any atom is 0.387 e. The number of carbonyl (C=O) groups is 2. The first-order valence-electron chi connectivity index (χ1n) is 5.77. The smallest absolute Gasteiger partial charge is 0.387 e. The van der Waals surface area contributed by atoms with Gasteiger partial charge in [0, 0.05) is 5.02 Å². The molecule has 0 saturated heterocycles. The van der Waals surface area contributed by atoms with Crippen LogP contribution in [-0.2, 0) is 9.59 Å². The molecule has 0 aromatic heterocycles. The number of hydrogen-bond donors (Lipinski definition) is 2. The molecule has 5 nitrogen and oxygen atoms in total. The number of hydrogen-bond acceptors (Lipinski definition) is 3. The van der Waals surface area contributed by atoms with Gasteiger partial charge in [0.05, 0.1) is 22.0 Å². The molecule has 2 unspecified atom stereocenters. The first-order chi connectivity index (χ1) is 9.79. The molecule has 1 fully saturated rings. The molecule has 2 N–H and O–H groups in total. The van der Waals surface area contributed by atoms with E-state index in [1.54, 1.807) is 0 Å². The van der Waals surface area contributed by atoms with Crippen molar-refractivity contribution in [2.24, 2.45) is 11.8 Å². The molecule has 9 heteroatoms. The first-order valence-corrected chi connectivity index (χ1v) is 6.94. The number of carboxylic acid groups (broad SMARTS) is 1. The zero-order valence-electron chi connectivity index (χ0n) is 10.3. The average Bonchev–Trinajstić information content (AvgIpc) is 3.13. The fourth-order valence-corrected chi connectivity index (χ4v) is 2.75. The Labute approximate surface area is 131 Å². The van der Waals surface area contributed by atoms with Crippen molar-refractivity contribution in [3.05, 3.63) is 21.6 Å². The highest BCUT2D eigenvalue weighted by Gasteiger charge is 2.48.